The average Bonchev–Trinajstić information content (AvgIpc) is 3.44. The molecule has 1 aliphatic rings. The Morgan fingerprint density at radius 2 is 1.79 bits per heavy atom. The molecule has 1 aliphatic heterocycles. The maximum absolute atomic E-state index is 12.7. The molecule has 3 aromatic rings. The highest BCUT2D eigenvalue weighted by Crippen LogP contribution is 2.24. The maximum atomic E-state index is 12.7. The molecule has 1 amide bonds. The Morgan fingerprint density at radius 3 is 2.46 bits per heavy atom. The molecule has 0 spiro atoms. The number of nitrogens with zero attached hydrogens (tertiary/aromatic N) is 4. The highest BCUT2D eigenvalue weighted by molar-refractivity contribution is 5.94. The molecule has 28 heavy (non-hydrogen) atoms. The van der Waals surface area contributed by atoms with Gasteiger partial charge in [-0.15, -0.1) is 0 Å². The van der Waals surface area contributed by atoms with Gasteiger partial charge in [0.1, 0.15) is 12.7 Å². The van der Waals surface area contributed by atoms with E-state index in [1.165, 1.54) is 24.7 Å². The molecule has 1 aromatic heterocycles. The van der Waals surface area contributed by atoms with Crippen LogP contribution in [-0.4, -0.2) is 45.2 Å². The fraction of sp³-hybridized carbons (Fsp3) is 0.318. The van der Waals surface area contributed by atoms with Crippen LogP contribution in [-0.2, 0) is 6.54 Å². The largest absolute Gasteiger partial charge is 0.350 e. The molecule has 144 valence electrons. The van der Waals surface area contributed by atoms with Gasteiger partial charge in [0.25, 0.3) is 5.91 Å². The minimum absolute atomic E-state index is 0.0348. The molecule has 1 atom stereocenters. The third-order valence-corrected chi connectivity index (χ3v) is 5.25. The van der Waals surface area contributed by atoms with Gasteiger partial charge in [-0.3, -0.25) is 9.69 Å². The molecule has 0 saturated carbocycles. The lowest BCUT2D eigenvalue weighted by Gasteiger charge is -2.28. The molecule has 4 rings (SSSR count). The lowest BCUT2D eigenvalue weighted by Crippen LogP contribution is -2.36. The van der Waals surface area contributed by atoms with E-state index < -0.39 is 0 Å². The Balaban J connectivity index is 1.39. The molecule has 6 heteroatoms. The number of benzene rings is 2. The second-order valence-corrected chi connectivity index (χ2v) is 7.17. The van der Waals surface area contributed by atoms with E-state index in [2.05, 4.69) is 44.6 Å². The highest BCUT2D eigenvalue weighted by Gasteiger charge is 2.23. The van der Waals surface area contributed by atoms with Crippen molar-refractivity contribution in [2.45, 2.75) is 25.4 Å². The second-order valence-electron chi connectivity index (χ2n) is 7.17. The molecule has 0 unspecified atom stereocenters. The lowest BCUT2D eigenvalue weighted by molar-refractivity contribution is 0.0938. The summed E-state index contributed by atoms with van der Waals surface area (Å²) in [7, 11) is 0. The summed E-state index contributed by atoms with van der Waals surface area (Å²) in [4.78, 5) is 19.1. The molecule has 2 aromatic carbocycles. The first-order valence-electron chi connectivity index (χ1n) is 9.78. The van der Waals surface area contributed by atoms with Crippen molar-refractivity contribution in [2.24, 2.45) is 0 Å². The van der Waals surface area contributed by atoms with E-state index >= 15 is 0 Å². The van der Waals surface area contributed by atoms with Crippen molar-refractivity contribution in [3.8, 4) is 0 Å². The van der Waals surface area contributed by atoms with E-state index in [0.717, 1.165) is 18.7 Å². The highest BCUT2D eigenvalue weighted by atomic mass is 16.1. The molecular formula is C22H25N5O. The number of amides is 1. The Hall–Kier alpha value is -2.99. The van der Waals surface area contributed by atoms with E-state index in [4.69, 9.17) is 0 Å². The van der Waals surface area contributed by atoms with Crippen LogP contribution in [0.25, 0.3) is 0 Å². The van der Waals surface area contributed by atoms with Crippen molar-refractivity contribution in [2.75, 3.05) is 19.6 Å². The SMILES string of the molecule is O=C(NC[C@H](c1ccccc1)N1CCCC1)c1ccc(Cn2cncn2)cc1. The number of likely N-dealkylation sites (tertiary alicyclic amines) is 1. The average molecular weight is 375 g/mol. The summed E-state index contributed by atoms with van der Waals surface area (Å²) < 4.78 is 1.76. The van der Waals surface area contributed by atoms with E-state index in [9.17, 15) is 4.79 Å². The molecular weight excluding hydrogens is 350 g/mol. The topological polar surface area (TPSA) is 63.1 Å². The number of nitrogens with one attached hydrogen (secondary N) is 1. The van der Waals surface area contributed by atoms with Crippen molar-refractivity contribution in [1.82, 2.24) is 25.0 Å². The maximum Gasteiger partial charge on any atom is 0.251 e. The van der Waals surface area contributed by atoms with Crippen LogP contribution in [0.4, 0.5) is 0 Å². The molecule has 2 heterocycles. The van der Waals surface area contributed by atoms with E-state index in [1.54, 1.807) is 11.0 Å². The fourth-order valence-electron chi connectivity index (χ4n) is 3.74. The predicted molar refractivity (Wildman–Crippen MR) is 108 cm³/mol. The molecule has 0 bridgehead atoms. The van der Waals surface area contributed by atoms with Crippen LogP contribution in [0, 0.1) is 0 Å². The van der Waals surface area contributed by atoms with Crippen LogP contribution in [0.15, 0.2) is 67.3 Å². The smallest absolute Gasteiger partial charge is 0.251 e. The summed E-state index contributed by atoms with van der Waals surface area (Å²) in [5.41, 5.74) is 3.02. The summed E-state index contributed by atoms with van der Waals surface area (Å²) in [5.74, 6) is -0.0348. The van der Waals surface area contributed by atoms with Gasteiger partial charge in [-0.2, -0.15) is 5.10 Å². The van der Waals surface area contributed by atoms with Gasteiger partial charge >= 0.3 is 0 Å². The zero-order valence-electron chi connectivity index (χ0n) is 15.9. The van der Waals surface area contributed by atoms with E-state index in [0.29, 0.717) is 18.7 Å². The van der Waals surface area contributed by atoms with Crippen LogP contribution in [0.3, 0.4) is 0 Å². The number of aromatic nitrogens is 3. The predicted octanol–water partition coefficient (Wildman–Crippen LogP) is 2.89. The minimum atomic E-state index is -0.0348. The first kappa shape index (κ1) is 18.4. The van der Waals surface area contributed by atoms with Crippen LogP contribution >= 0.6 is 0 Å². The van der Waals surface area contributed by atoms with Crippen molar-refractivity contribution in [3.05, 3.63) is 83.9 Å². The van der Waals surface area contributed by atoms with Gasteiger partial charge in [0, 0.05) is 12.1 Å². The molecule has 1 N–H and O–H groups in total. The van der Waals surface area contributed by atoms with Gasteiger partial charge in [-0.1, -0.05) is 42.5 Å². The quantitative estimate of drug-likeness (QED) is 0.690. The number of rotatable bonds is 7. The Kier molecular flexibility index (Phi) is 5.77. The van der Waals surface area contributed by atoms with Crippen molar-refractivity contribution < 1.29 is 4.79 Å². The summed E-state index contributed by atoms with van der Waals surface area (Å²) in [5, 5.41) is 7.24. The molecule has 1 saturated heterocycles. The molecule has 6 nitrogen and oxygen atoms in total. The van der Waals surface area contributed by atoms with Crippen LogP contribution < -0.4 is 5.32 Å². The van der Waals surface area contributed by atoms with Crippen molar-refractivity contribution >= 4 is 5.91 Å². The first-order chi connectivity index (χ1) is 13.8. The summed E-state index contributed by atoms with van der Waals surface area (Å²) in [6, 6.07) is 18.3. The Morgan fingerprint density at radius 1 is 1.04 bits per heavy atom. The molecule has 0 radical (unpaired) electrons. The van der Waals surface area contributed by atoms with Crippen LogP contribution in [0.5, 0.6) is 0 Å². The summed E-state index contributed by atoms with van der Waals surface area (Å²) >= 11 is 0. The Bertz CT molecular complexity index is 871. The van der Waals surface area contributed by atoms with Gasteiger partial charge in [0.2, 0.25) is 0 Å². The minimum Gasteiger partial charge on any atom is -0.350 e. The van der Waals surface area contributed by atoms with Crippen molar-refractivity contribution in [3.63, 3.8) is 0 Å². The van der Waals surface area contributed by atoms with Crippen LogP contribution in [0.1, 0.15) is 40.4 Å². The van der Waals surface area contributed by atoms with Gasteiger partial charge in [-0.25, -0.2) is 9.67 Å². The fourth-order valence-corrected chi connectivity index (χ4v) is 3.74. The number of carbonyl (C=O) groups is 1. The van der Waals surface area contributed by atoms with Gasteiger partial charge in [0.05, 0.1) is 12.6 Å². The van der Waals surface area contributed by atoms with E-state index in [1.807, 2.05) is 30.3 Å². The number of hydrogen-bond acceptors (Lipinski definition) is 4. The zero-order chi connectivity index (χ0) is 19.2. The first-order valence-corrected chi connectivity index (χ1v) is 9.78. The zero-order valence-corrected chi connectivity index (χ0v) is 15.9. The standard InChI is InChI=1S/C22H25N5O/c28-22(20-10-8-18(9-11-20)15-27-17-23-16-25-27)24-14-21(26-12-4-5-13-26)19-6-2-1-3-7-19/h1-3,6-11,16-17,21H,4-5,12-15H2,(H,24,28)/t21-/m1/s1. The monoisotopic (exact) mass is 375 g/mol. The third-order valence-electron chi connectivity index (χ3n) is 5.25. The van der Waals surface area contributed by atoms with Crippen molar-refractivity contribution in [1.29, 1.82) is 0 Å². The van der Waals surface area contributed by atoms with E-state index in [-0.39, 0.29) is 11.9 Å². The normalized spacial score (nSPS) is 15.4. The van der Waals surface area contributed by atoms with Gasteiger partial charge < -0.3 is 5.32 Å². The second kappa shape index (κ2) is 8.80. The van der Waals surface area contributed by atoms with Gasteiger partial charge in [-0.05, 0) is 49.2 Å². The lowest BCUT2D eigenvalue weighted by atomic mass is 10.1. The van der Waals surface area contributed by atoms with Crippen LogP contribution in [0.2, 0.25) is 0 Å². The third kappa shape index (κ3) is 4.46. The molecule has 1 fully saturated rings. The Labute approximate surface area is 165 Å². The molecule has 0 aliphatic carbocycles. The summed E-state index contributed by atoms with van der Waals surface area (Å²) in [6.45, 7) is 3.44. The number of carbonyl (C=O) groups excluding carboxylic acids is 1. The van der Waals surface area contributed by atoms with Gasteiger partial charge in [0.15, 0.2) is 0 Å². The number of hydrogen-bond donors (Lipinski definition) is 1. The summed E-state index contributed by atoms with van der Waals surface area (Å²) in [6.07, 6.45) is 5.66.